The van der Waals surface area contributed by atoms with Crippen LogP contribution in [-0.2, 0) is 0 Å². The van der Waals surface area contributed by atoms with Crippen LogP contribution in [0.15, 0.2) is 229 Å². The molecule has 0 N–H and O–H groups in total. The molecule has 58 heavy (non-hydrogen) atoms. The highest BCUT2D eigenvalue weighted by atomic mass is 16.3. The maximum Gasteiger partial charge on any atom is 0.143 e. The van der Waals surface area contributed by atoms with E-state index in [1.807, 2.05) is 0 Å². The molecule has 1 aromatic heterocycles. The smallest absolute Gasteiger partial charge is 0.143 e. The topological polar surface area (TPSA) is 16.4 Å². The second kappa shape index (κ2) is 14.1. The molecule has 0 atom stereocenters. The Hall–Kier alpha value is -7.68. The lowest BCUT2D eigenvalue weighted by Gasteiger charge is -2.26. The quantitative estimate of drug-likeness (QED) is 0.151. The number of hydrogen-bond donors (Lipinski definition) is 0. The Kier molecular flexibility index (Phi) is 8.19. The third-order valence-electron chi connectivity index (χ3n) is 11.5. The lowest BCUT2D eigenvalue weighted by atomic mass is 9.97. The van der Waals surface area contributed by atoms with E-state index in [2.05, 4.69) is 229 Å². The molecule has 0 unspecified atom stereocenters. The number of benzene rings is 10. The van der Waals surface area contributed by atoms with Crippen LogP contribution in [0.25, 0.3) is 88.0 Å². The van der Waals surface area contributed by atoms with Gasteiger partial charge in [-0.2, -0.15) is 0 Å². The second-order valence-electron chi connectivity index (χ2n) is 14.9. The summed E-state index contributed by atoms with van der Waals surface area (Å²) < 4.78 is 6.84. The van der Waals surface area contributed by atoms with E-state index >= 15 is 0 Å². The maximum absolute atomic E-state index is 6.84. The van der Waals surface area contributed by atoms with E-state index in [-0.39, 0.29) is 0 Å². The van der Waals surface area contributed by atoms with Gasteiger partial charge in [0.2, 0.25) is 0 Å². The Morgan fingerprint density at radius 2 is 0.759 bits per heavy atom. The summed E-state index contributed by atoms with van der Waals surface area (Å²) in [7, 11) is 0. The molecular formula is C56H37NO. The molecule has 11 aromatic rings. The number of nitrogens with zero attached hydrogens (tertiary/aromatic N) is 1. The molecule has 0 fully saturated rings. The Labute approximate surface area is 337 Å². The molecular weight excluding hydrogens is 703 g/mol. The lowest BCUT2D eigenvalue weighted by Crippen LogP contribution is -2.10. The van der Waals surface area contributed by atoms with Crippen molar-refractivity contribution < 1.29 is 4.42 Å². The monoisotopic (exact) mass is 739 g/mol. The Balaban J connectivity index is 0.941. The van der Waals surface area contributed by atoms with Crippen molar-refractivity contribution in [3.05, 3.63) is 224 Å². The van der Waals surface area contributed by atoms with Crippen molar-refractivity contribution in [2.24, 2.45) is 0 Å². The van der Waals surface area contributed by atoms with Crippen LogP contribution in [0.1, 0.15) is 0 Å². The minimum atomic E-state index is 0.920. The van der Waals surface area contributed by atoms with Crippen LogP contribution >= 0.6 is 0 Å². The van der Waals surface area contributed by atoms with Gasteiger partial charge in [-0.1, -0.05) is 182 Å². The van der Waals surface area contributed by atoms with Gasteiger partial charge in [0.25, 0.3) is 0 Å². The summed E-state index contributed by atoms with van der Waals surface area (Å²) in [4.78, 5) is 2.34. The molecule has 0 amide bonds. The van der Waals surface area contributed by atoms with E-state index in [4.69, 9.17) is 4.42 Å². The molecule has 0 spiro atoms. The van der Waals surface area contributed by atoms with E-state index in [1.54, 1.807) is 0 Å². The zero-order valence-electron chi connectivity index (χ0n) is 31.7. The van der Waals surface area contributed by atoms with Gasteiger partial charge in [0, 0.05) is 38.8 Å². The first-order valence-electron chi connectivity index (χ1n) is 19.8. The van der Waals surface area contributed by atoms with Gasteiger partial charge < -0.3 is 9.32 Å². The van der Waals surface area contributed by atoms with Crippen LogP contribution in [0.2, 0.25) is 0 Å². The first-order valence-corrected chi connectivity index (χ1v) is 19.8. The molecule has 272 valence electrons. The summed E-state index contributed by atoms with van der Waals surface area (Å²) in [5.41, 5.74) is 14.5. The normalized spacial score (nSPS) is 11.4. The zero-order chi connectivity index (χ0) is 38.4. The minimum absolute atomic E-state index is 0.920. The fourth-order valence-corrected chi connectivity index (χ4v) is 8.55. The molecule has 0 aliphatic carbocycles. The molecule has 0 radical (unpaired) electrons. The van der Waals surface area contributed by atoms with Crippen molar-refractivity contribution in [1.82, 2.24) is 0 Å². The Bertz CT molecular complexity index is 3240. The molecule has 1 heterocycles. The Morgan fingerprint density at radius 3 is 1.45 bits per heavy atom. The molecule has 11 rings (SSSR count). The highest BCUT2D eigenvalue weighted by Crippen LogP contribution is 2.42. The average molecular weight is 740 g/mol. The van der Waals surface area contributed by atoms with Gasteiger partial charge in [-0.05, 0) is 97.6 Å². The Morgan fingerprint density at radius 1 is 0.276 bits per heavy atom. The summed E-state index contributed by atoms with van der Waals surface area (Å²) in [6.07, 6.45) is 0. The van der Waals surface area contributed by atoms with Crippen molar-refractivity contribution in [2.45, 2.75) is 0 Å². The number of para-hydroxylation sites is 1. The van der Waals surface area contributed by atoms with Crippen molar-refractivity contribution in [3.63, 3.8) is 0 Å². The SMILES string of the molecule is c1ccc(-c2ccc(N(c3ccc(-c4ccc(-c5cccc6c5oc5c6ccc6ccc7ccccc7c65)cc4)cc3)c3cccc(-c4ccccc4)c3)cc2)cc1. The van der Waals surface area contributed by atoms with Crippen molar-refractivity contribution >= 4 is 60.5 Å². The molecule has 2 nitrogen and oxygen atoms in total. The predicted molar refractivity (Wildman–Crippen MR) is 245 cm³/mol. The molecule has 2 heteroatoms. The van der Waals surface area contributed by atoms with Crippen LogP contribution in [0.5, 0.6) is 0 Å². The van der Waals surface area contributed by atoms with Crippen LogP contribution in [-0.4, -0.2) is 0 Å². The fourth-order valence-electron chi connectivity index (χ4n) is 8.55. The number of furan rings is 1. The van der Waals surface area contributed by atoms with E-state index in [1.165, 1.54) is 43.8 Å². The number of rotatable bonds is 7. The lowest BCUT2D eigenvalue weighted by molar-refractivity contribution is 0.674. The molecule has 0 bridgehead atoms. The van der Waals surface area contributed by atoms with E-state index in [0.29, 0.717) is 0 Å². The van der Waals surface area contributed by atoms with Crippen LogP contribution in [0, 0.1) is 0 Å². The predicted octanol–water partition coefficient (Wildman–Crippen LogP) is 16.0. The first kappa shape index (κ1) is 33.6. The first-order chi connectivity index (χ1) is 28.7. The fraction of sp³-hybridized carbons (Fsp3) is 0. The minimum Gasteiger partial charge on any atom is -0.455 e. The average Bonchev–Trinajstić information content (AvgIpc) is 3.70. The molecule has 0 saturated carbocycles. The highest BCUT2D eigenvalue weighted by Gasteiger charge is 2.17. The van der Waals surface area contributed by atoms with Crippen molar-refractivity contribution in [1.29, 1.82) is 0 Å². The van der Waals surface area contributed by atoms with Gasteiger partial charge in [0.15, 0.2) is 0 Å². The van der Waals surface area contributed by atoms with E-state index in [9.17, 15) is 0 Å². The van der Waals surface area contributed by atoms with Crippen molar-refractivity contribution in [2.75, 3.05) is 4.90 Å². The largest absolute Gasteiger partial charge is 0.455 e. The molecule has 10 aromatic carbocycles. The van der Waals surface area contributed by atoms with Crippen molar-refractivity contribution in [3.8, 4) is 44.5 Å². The summed E-state index contributed by atoms with van der Waals surface area (Å²) >= 11 is 0. The zero-order valence-corrected chi connectivity index (χ0v) is 31.7. The third kappa shape index (κ3) is 5.91. The van der Waals surface area contributed by atoms with Gasteiger partial charge in [0.05, 0.1) is 0 Å². The highest BCUT2D eigenvalue weighted by molar-refractivity contribution is 6.24. The van der Waals surface area contributed by atoms with E-state index in [0.717, 1.165) is 61.3 Å². The van der Waals surface area contributed by atoms with E-state index < -0.39 is 0 Å². The van der Waals surface area contributed by atoms with Gasteiger partial charge >= 0.3 is 0 Å². The summed E-state index contributed by atoms with van der Waals surface area (Å²) in [6, 6.07) is 80.4. The van der Waals surface area contributed by atoms with Crippen LogP contribution < -0.4 is 4.90 Å². The van der Waals surface area contributed by atoms with Crippen LogP contribution in [0.4, 0.5) is 17.1 Å². The molecule has 0 aliphatic rings. The summed E-state index contributed by atoms with van der Waals surface area (Å²) in [6.45, 7) is 0. The van der Waals surface area contributed by atoms with Crippen LogP contribution in [0.3, 0.4) is 0 Å². The van der Waals surface area contributed by atoms with Gasteiger partial charge in [-0.25, -0.2) is 0 Å². The second-order valence-corrected chi connectivity index (χ2v) is 14.9. The molecule has 0 saturated heterocycles. The number of hydrogen-bond acceptors (Lipinski definition) is 2. The summed E-state index contributed by atoms with van der Waals surface area (Å²) in [5, 5.41) is 7.07. The number of fused-ring (bicyclic) bond motifs is 7. The standard InChI is InChI=1S/C56H37NO/c1-3-11-38(12-4-1)41-27-32-47(33-28-41)57(49-17-9-16-46(37-49)39-13-5-2-6-14-39)48-34-29-42(30-35-48)40-21-23-44(24-22-40)51-19-10-20-52-53-36-31-45-26-25-43-15-7-8-18-50(43)54(45)56(53)58-55(51)52/h1-37H. The van der Waals surface area contributed by atoms with Gasteiger partial charge in [-0.15, -0.1) is 0 Å². The van der Waals surface area contributed by atoms with Gasteiger partial charge in [0.1, 0.15) is 11.2 Å². The molecule has 0 aliphatic heterocycles. The maximum atomic E-state index is 6.84. The number of anilines is 3. The van der Waals surface area contributed by atoms with Gasteiger partial charge in [-0.3, -0.25) is 0 Å². The summed E-state index contributed by atoms with van der Waals surface area (Å²) in [5.74, 6) is 0. The third-order valence-corrected chi connectivity index (χ3v) is 11.5.